The molecule has 246 valence electrons. The molecule has 45 heavy (non-hydrogen) atoms. The fraction of sp³-hybridized carbons (Fsp3) is 0.595. The van der Waals surface area contributed by atoms with Crippen LogP contribution in [0, 0.1) is 17.8 Å². The predicted molar refractivity (Wildman–Crippen MR) is 178 cm³/mol. The first-order valence-electron chi connectivity index (χ1n) is 16.6. The molecule has 2 unspecified atom stereocenters. The predicted octanol–water partition coefficient (Wildman–Crippen LogP) is 4.51. The molecule has 1 saturated heterocycles. The molecule has 2 fully saturated rings. The lowest BCUT2D eigenvalue weighted by molar-refractivity contribution is -0.302. The van der Waals surface area contributed by atoms with Gasteiger partial charge in [0.2, 0.25) is 0 Å². The Morgan fingerprint density at radius 1 is 0.889 bits per heavy atom. The van der Waals surface area contributed by atoms with Gasteiger partial charge in [-0.3, -0.25) is 4.79 Å². The van der Waals surface area contributed by atoms with Crippen molar-refractivity contribution in [2.45, 2.75) is 114 Å². The third-order valence-corrected chi connectivity index (χ3v) is 15.3. The van der Waals surface area contributed by atoms with E-state index >= 15 is 0 Å². The van der Waals surface area contributed by atoms with Crippen molar-refractivity contribution < 1.29 is 34.0 Å². The molecule has 0 amide bonds. The van der Waals surface area contributed by atoms with E-state index in [0.717, 1.165) is 6.42 Å². The lowest BCUT2D eigenvalue weighted by atomic mass is 9.59. The number of rotatable bonds is 9. The summed E-state index contributed by atoms with van der Waals surface area (Å²) >= 11 is 0. The first-order chi connectivity index (χ1) is 21.2. The van der Waals surface area contributed by atoms with E-state index in [9.17, 15) is 20.1 Å². The van der Waals surface area contributed by atoms with Crippen LogP contribution in [0.3, 0.4) is 0 Å². The highest BCUT2D eigenvalue weighted by atomic mass is 28.4. The van der Waals surface area contributed by atoms with Gasteiger partial charge >= 0.3 is 0 Å². The standard InChI is InChI=1S/C37H52O7Si/c1-25-19-21-37(41)32(39)24-31(38)34(40)33(37)30(25)18-17-26-23-27(44-36(5,6)43-26)20-22-42-45(35(2,3)4,28-13-9-7-10-14-28)29-15-11-8-12-16-29/h7-16,19,21,25-27,30-33,38-39,41H,17-18,20,22-24H2,1-6H3/t25-,26+,27-,30-,31?,32+,33-,37?/m0/s1. The van der Waals surface area contributed by atoms with E-state index in [-0.39, 0.29) is 41.3 Å². The molecule has 3 N–H and O–H groups in total. The Labute approximate surface area is 269 Å². The average Bonchev–Trinajstić information content (AvgIpc) is 2.98. The van der Waals surface area contributed by atoms with E-state index in [1.54, 1.807) is 6.08 Å². The second-order valence-electron chi connectivity index (χ2n) is 14.9. The zero-order valence-corrected chi connectivity index (χ0v) is 28.7. The van der Waals surface area contributed by atoms with E-state index in [1.807, 2.05) is 39.0 Å². The quantitative estimate of drug-likeness (QED) is 0.275. The molecule has 0 bridgehead atoms. The van der Waals surface area contributed by atoms with E-state index in [2.05, 4.69) is 69.3 Å². The number of ether oxygens (including phenoxy) is 2. The molecule has 8 heteroatoms. The van der Waals surface area contributed by atoms with Crippen LogP contribution in [-0.2, 0) is 18.7 Å². The third-order valence-electron chi connectivity index (χ3n) is 10.3. The van der Waals surface area contributed by atoms with E-state index < -0.39 is 37.8 Å². The van der Waals surface area contributed by atoms with Crippen molar-refractivity contribution in [1.82, 2.24) is 0 Å². The number of aliphatic hydroxyl groups is 3. The summed E-state index contributed by atoms with van der Waals surface area (Å²) in [6.07, 6.45) is 3.41. The molecular formula is C37H52O7Si. The van der Waals surface area contributed by atoms with Gasteiger partial charge in [0.15, 0.2) is 11.6 Å². The second-order valence-corrected chi connectivity index (χ2v) is 19.2. The Morgan fingerprint density at radius 2 is 1.44 bits per heavy atom. The fourth-order valence-electron chi connectivity index (χ4n) is 8.17. The van der Waals surface area contributed by atoms with Crippen molar-refractivity contribution in [1.29, 1.82) is 0 Å². The molecule has 1 saturated carbocycles. The normalized spacial score (nSPS) is 33.5. The molecule has 3 aliphatic rings. The van der Waals surface area contributed by atoms with Gasteiger partial charge in [-0.1, -0.05) is 101 Å². The number of Topliss-reactive ketones (excluding diaryl/α,β-unsaturated/α-hetero) is 1. The first-order valence-corrected chi connectivity index (χ1v) is 18.5. The summed E-state index contributed by atoms with van der Waals surface area (Å²) in [4.78, 5) is 13.1. The van der Waals surface area contributed by atoms with E-state index in [1.165, 1.54) is 10.4 Å². The summed E-state index contributed by atoms with van der Waals surface area (Å²) in [5.74, 6) is -2.21. The molecule has 2 aromatic carbocycles. The number of hydrogen-bond acceptors (Lipinski definition) is 7. The van der Waals surface area contributed by atoms with Crippen molar-refractivity contribution in [3.63, 3.8) is 0 Å². The van der Waals surface area contributed by atoms with Crippen molar-refractivity contribution in [2.75, 3.05) is 6.61 Å². The van der Waals surface area contributed by atoms with Gasteiger partial charge in [0.1, 0.15) is 11.7 Å². The Bertz CT molecular complexity index is 1280. The smallest absolute Gasteiger partial charge is 0.261 e. The minimum atomic E-state index is -2.66. The van der Waals surface area contributed by atoms with Crippen LogP contribution < -0.4 is 10.4 Å². The molecule has 0 aromatic heterocycles. The summed E-state index contributed by atoms with van der Waals surface area (Å²) in [5.41, 5.74) is -1.65. The van der Waals surface area contributed by atoms with E-state index in [0.29, 0.717) is 25.9 Å². The number of aliphatic hydroxyl groups excluding tert-OH is 2. The molecule has 0 radical (unpaired) electrons. The fourth-order valence-corrected chi connectivity index (χ4v) is 12.7. The SMILES string of the molecule is C[C@H]1C=CC2(O)[C@H](O)CC(O)C(=O)[C@@H]2[C@H]1CC[C@@H]1C[C@H](CCO[Si](c2ccccc2)(c2ccccc2)C(C)(C)C)OC(C)(C)O1. The van der Waals surface area contributed by atoms with Gasteiger partial charge in [0.05, 0.1) is 24.2 Å². The molecule has 2 aromatic rings. The number of carbonyl (C=O) groups excluding carboxylic acids is 1. The number of allylic oxidation sites excluding steroid dienone is 1. The summed E-state index contributed by atoms with van der Waals surface area (Å²) in [5, 5.41) is 34.7. The maximum Gasteiger partial charge on any atom is 0.261 e. The van der Waals surface area contributed by atoms with Crippen LogP contribution in [0.1, 0.15) is 73.6 Å². The van der Waals surface area contributed by atoms with Crippen LogP contribution in [0.5, 0.6) is 0 Å². The van der Waals surface area contributed by atoms with Gasteiger partial charge in [-0.2, -0.15) is 0 Å². The maximum absolute atomic E-state index is 13.1. The van der Waals surface area contributed by atoms with Crippen LogP contribution in [0.2, 0.25) is 5.04 Å². The molecule has 7 nitrogen and oxygen atoms in total. The zero-order valence-electron chi connectivity index (χ0n) is 27.7. The van der Waals surface area contributed by atoms with Gasteiger partial charge in [-0.15, -0.1) is 0 Å². The van der Waals surface area contributed by atoms with Crippen molar-refractivity contribution in [3.8, 4) is 0 Å². The second kappa shape index (κ2) is 13.1. The number of benzene rings is 2. The van der Waals surface area contributed by atoms with Crippen molar-refractivity contribution in [3.05, 3.63) is 72.8 Å². The average molecular weight is 637 g/mol. The Morgan fingerprint density at radius 3 is 2.00 bits per heavy atom. The molecule has 8 atom stereocenters. The monoisotopic (exact) mass is 636 g/mol. The third kappa shape index (κ3) is 6.79. The summed E-state index contributed by atoms with van der Waals surface area (Å²) in [6.45, 7) is 13.3. The molecule has 5 rings (SSSR count). The van der Waals surface area contributed by atoms with Gasteiger partial charge in [-0.05, 0) is 60.4 Å². The minimum absolute atomic E-state index is 0.0141. The summed E-state index contributed by atoms with van der Waals surface area (Å²) in [6, 6.07) is 21.3. The largest absolute Gasteiger partial charge is 0.407 e. The number of fused-ring (bicyclic) bond motifs is 1. The maximum atomic E-state index is 13.1. The lowest BCUT2D eigenvalue weighted by Crippen LogP contribution is -2.66. The highest BCUT2D eigenvalue weighted by Crippen LogP contribution is 2.47. The van der Waals surface area contributed by atoms with Crippen LogP contribution in [0.4, 0.5) is 0 Å². The van der Waals surface area contributed by atoms with Crippen LogP contribution in [-0.4, -0.2) is 71.8 Å². The molecule has 2 aliphatic carbocycles. The molecule has 0 spiro atoms. The van der Waals surface area contributed by atoms with Gasteiger partial charge < -0.3 is 29.2 Å². The molecule has 1 heterocycles. The molecular weight excluding hydrogens is 584 g/mol. The summed E-state index contributed by atoms with van der Waals surface area (Å²) < 4.78 is 19.9. The Hall–Kier alpha value is -2.17. The first kappa shape index (κ1) is 34.2. The number of ketones is 1. The number of carbonyl (C=O) groups is 1. The highest BCUT2D eigenvalue weighted by molar-refractivity contribution is 6.99. The van der Waals surface area contributed by atoms with Gasteiger partial charge in [0.25, 0.3) is 8.32 Å². The highest BCUT2D eigenvalue weighted by Gasteiger charge is 2.57. The molecule has 1 aliphatic heterocycles. The zero-order chi connectivity index (χ0) is 32.6. The van der Waals surface area contributed by atoms with Gasteiger partial charge in [-0.25, -0.2) is 0 Å². The minimum Gasteiger partial charge on any atom is -0.407 e. The lowest BCUT2D eigenvalue weighted by Gasteiger charge is -2.50. The Balaban J connectivity index is 1.29. The van der Waals surface area contributed by atoms with Crippen molar-refractivity contribution in [2.24, 2.45) is 17.8 Å². The van der Waals surface area contributed by atoms with Crippen molar-refractivity contribution >= 4 is 24.5 Å². The number of hydrogen-bond donors (Lipinski definition) is 3. The van der Waals surface area contributed by atoms with Crippen LogP contribution in [0.25, 0.3) is 0 Å². The topological polar surface area (TPSA) is 105 Å². The van der Waals surface area contributed by atoms with Gasteiger partial charge in [0, 0.05) is 19.4 Å². The van der Waals surface area contributed by atoms with Crippen LogP contribution >= 0.6 is 0 Å². The summed E-state index contributed by atoms with van der Waals surface area (Å²) in [7, 11) is -2.66. The van der Waals surface area contributed by atoms with E-state index in [4.69, 9.17) is 13.9 Å². The van der Waals surface area contributed by atoms with Crippen LogP contribution in [0.15, 0.2) is 72.8 Å². The Kier molecular flexibility index (Phi) is 9.98.